The minimum absolute atomic E-state index is 0.262. The molecule has 1 aromatic rings. The Kier molecular flexibility index (Phi) is 5.36. The summed E-state index contributed by atoms with van der Waals surface area (Å²) in [5.41, 5.74) is 1.06. The lowest BCUT2D eigenvalue weighted by Gasteiger charge is -2.24. The van der Waals surface area contributed by atoms with Gasteiger partial charge in [-0.1, -0.05) is 30.3 Å². The van der Waals surface area contributed by atoms with E-state index < -0.39 is 14.8 Å². The van der Waals surface area contributed by atoms with Crippen LogP contribution in [0.25, 0.3) is 0 Å². The van der Waals surface area contributed by atoms with Crippen molar-refractivity contribution >= 4 is 10.0 Å². The van der Waals surface area contributed by atoms with Crippen molar-refractivity contribution in [2.24, 2.45) is 5.92 Å². The Morgan fingerprint density at radius 1 is 1.26 bits per heavy atom. The molecule has 0 bridgehead atoms. The molecule has 1 saturated heterocycles. The van der Waals surface area contributed by atoms with E-state index in [-0.39, 0.29) is 6.61 Å². The number of nitrogens with one attached hydrogen (secondary N) is 1. The Hall–Kier alpha value is -0.950. The first-order valence-corrected chi connectivity index (χ1v) is 9.78. The third-order valence-electron chi connectivity index (χ3n) is 4.67. The Morgan fingerprint density at radius 2 is 2.04 bits per heavy atom. The lowest BCUT2D eigenvalue weighted by molar-refractivity contribution is 0.0566. The van der Waals surface area contributed by atoms with Gasteiger partial charge >= 0.3 is 0 Å². The highest BCUT2D eigenvalue weighted by molar-refractivity contribution is 7.91. The van der Waals surface area contributed by atoms with Crippen molar-refractivity contribution in [2.75, 3.05) is 26.4 Å². The lowest BCUT2D eigenvalue weighted by atomic mass is 10.0. The summed E-state index contributed by atoms with van der Waals surface area (Å²) < 4.78 is 38.3. The average Bonchev–Trinajstić information content (AvgIpc) is 3.37. The van der Waals surface area contributed by atoms with Gasteiger partial charge in [-0.3, -0.25) is 0 Å². The Balaban J connectivity index is 1.47. The number of benzene rings is 1. The van der Waals surface area contributed by atoms with E-state index >= 15 is 0 Å². The van der Waals surface area contributed by atoms with E-state index in [1.54, 1.807) is 0 Å². The van der Waals surface area contributed by atoms with Crippen LogP contribution in [-0.4, -0.2) is 39.5 Å². The molecular formula is C17H25NO4S. The lowest BCUT2D eigenvalue weighted by Crippen LogP contribution is -2.42. The van der Waals surface area contributed by atoms with Crippen LogP contribution in [-0.2, 0) is 26.1 Å². The van der Waals surface area contributed by atoms with Crippen molar-refractivity contribution in [3.8, 4) is 0 Å². The Morgan fingerprint density at radius 3 is 2.70 bits per heavy atom. The van der Waals surface area contributed by atoms with Crippen LogP contribution in [0.15, 0.2) is 30.3 Å². The van der Waals surface area contributed by atoms with Crippen LogP contribution < -0.4 is 4.72 Å². The smallest absolute Gasteiger partial charge is 0.219 e. The first-order valence-electron chi connectivity index (χ1n) is 8.30. The molecule has 23 heavy (non-hydrogen) atoms. The molecule has 6 heteroatoms. The Bertz CT molecular complexity index is 592. The monoisotopic (exact) mass is 339 g/mol. The van der Waals surface area contributed by atoms with Gasteiger partial charge in [0.1, 0.15) is 4.75 Å². The molecule has 5 nitrogen and oxygen atoms in total. The van der Waals surface area contributed by atoms with Gasteiger partial charge in [-0.05, 0) is 37.2 Å². The molecule has 1 aliphatic heterocycles. The summed E-state index contributed by atoms with van der Waals surface area (Å²) in [5, 5.41) is 0. The number of hydrogen-bond acceptors (Lipinski definition) is 4. The minimum atomic E-state index is -3.33. The fourth-order valence-electron chi connectivity index (χ4n) is 2.91. The SMILES string of the molecule is O=S(=O)(NCC1CCCOC1)C1(COCc2ccccc2)CC1. The standard InChI is InChI=1S/C17H25NO4S/c19-23(20,18-11-16-7-4-10-21-13-16)17(8-9-17)14-22-12-15-5-2-1-3-6-15/h1-3,5-6,16,18H,4,7-14H2. The second-order valence-electron chi connectivity index (χ2n) is 6.60. The van der Waals surface area contributed by atoms with Crippen LogP contribution in [0.5, 0.6) is 0 Å². The summed E-state index contributed by atoms with van der Waals surface area (Å²) in [5.74, 6) is 0.291. The highest BCUT2D eigenvalue weighted by Crippen LogP contribution is 2.43. The normalized spacial score (nSPS) is 23.6. The highest BCUT2D eigenvalue weighted by atomic mass is 32.2. The van der Waals surface area contributed by atoms with Gasteiger partial charge in [0.25, 0.3) is 0 Å². The molecule has 2 aliphatic rings. The van der Waals surface area contributed by atoms with E-state index in [1.807, 2.05) is 30.3 Å². The van der Waals surface area contributed by atoms with E-state index in [9.17, 15) is 8.42 Å². The number of hydrogen-bond donors (Lipinski definition) is 1. The van der Waals surface area contributed by atoms with Gasteiger partial charge in [-0.15, -0.1) is 0 Å². The third-order valence-corrected chi connectivity index (χ3v) is 6.88. The fourth-order valence-corrected chi connectivity index (χ4v) is 4.55. The fraction of sp³-hybridized carbons (Fsp3) is 0.647. The zero-order valence-corrected chi connectivity index (χ0v) is 14.2. The molecule has 1 N–H and O–H groups in total. The summed E-state index contributed by atoms with van der Waals surface area (Å²) in [7, 11) is -3.33. The first kappa shape index (κ1) is 16.9. The number of sulfonamides is 1. The predicted molar refractivity (Wildman–Crippen MR) is 88.5 cm³/mol. The number of ether oxygens (including phenoxy) is 2. The molecule has 1 saturated carbocycles. The molecule has 1 aliphatic carbocycles. The first-order chi connectivity index (χ1) is 11.1. The summed E-state index contributed by atoms with van der Waals surface area (Å²) in [6.45, 7) is 2.64. The van der Waals surface area contributed by atoms with Crippen molar-refractivity contribution in [1.29, 1.82) is 0 Å². The van der Waals surface area contributed by atoms with E-state index in [0.717, 1.165) is 25.0 Å². The van der Waals surface area contributed by atoms with Crippen molar-refractivity contribution in [2.45, 2.75) is 37.0 Å². The molecule has 1 unspecified atom stereocenters. The van der Waals surface area contributed by atoms with Crippen LogP contribution in [0.1, 0.15) is 31.2 Å². The molecule has 1 heterocycles. The maximum atomic E-state index is 12.6. The summed E-state index contributed by atoms with van der Waals surface area (Å²) in [6, 6.07) is 9.83. The van der Waals surface area contributed by atoms with E-state index in [1.165, 1.54) is 0 Å². The third kappa shape index (κ3) is 4.32. The van der Waals surface area contributed by atoms with Crippen molar-refractivity contribution in [3.63, 3.8) is 0 Å². The average molecular weight is 339 g/mol. The highest BCUT2D eigenvalue weighted by Gasteiger charge is 2.54. The summed E-state index contributed by atoms with van der Waals surface area (Å²) in [4.78, 5) is 0. The molecule has 0 aromatic heterocycles. The van der Waals surface area contributed by atoms with E-state index in [2.05, 4.69) is 4.72 Å². The van der Waals surface area contributed by atoms with E-state index in [0.29, 0.717) is 38.5 Å². The van der Waals surface area contributed by atoms with Crippen LogP contribution in [0.2, 0.25) is 0 Å². The van der Waals surface area contributed by atoms with Gasteiger partial charge in [0.05, 0.1) is 19.8 Å². The van der Waals surface area contributed by atoms with Crippen molar-refractivity contribution in [1.82, 2.24) is 4.72 Å². The van der Waals surface area contributed by atoms with Crippen molar-refractivity contribution in [3.05, 3.63) is 35.9 Å². The maximum Gasteiger partial charge on any atom is 0.219 e. The second-order valence-corrected chi connectivity index (χ2v) is 8.76. The second kappa shape index (κ2) is 7.30. The van der Waals surface area contributed by atoms with Crippen molar-refractivity contribution < 1.29 is 17.9 Å². The van der Waals surface area contributed by atoms with Crippen LogP contribution in [0.3, 0.4) is 0 Å². The maximum absolute atomic E-state index is 12.6. The summed E-state index contributed by atoms with van der Waals surface area (Å²) in [6.07, 6.45) is 3.40. The van der Waals surface area contributed by atoms with Gasteiger partial charge in [0, 0.05) is 13.2 Å². The minimum Gasteiger partial charge on any atom is -0.381 e. The quantitative estimate of drug-likeness (QED) is 0.787. The molecule has 1 aromatic carbocycles. The van der Waals surface area contributed by atoms with Crippen LogP contribution >= 0.6 is 0 Å². The molecule has 0 spiro atoms. The van der Waals surface area contributed by atoms with Gasteiger partial charge in [-0.25, -0.2) is 13.1 Å². The van der Waals surface area contributed by atoms with Gasteiger partial charge in [-0.2, -0.15) is 0 Å². The molecule has 0 radical (unpaired) electrons. The molecule has 1 atom stereocenters. The zero-order chi connectivity index (χ0) is 16.2. The zero-order valence-electron chi connectivity index (χ0n) is 13.4. The molecule has 2 fully saturated rings. The molecule has 128 valence electrons. The van der Waals surface area contributed by atoms with Gasteiger partial charge in [0.2, 0.25) is 10.0 Å². The summed E-state index contributed by atoms with van der Waals surface area (Å²) >= 11 is 0. The van der Waals surface area contributed by atoms with Gasteiger partial charge < -0.3 is 9.47 Å². The van der Waals surface area contributed by atoms with Crippen LogP contribution in [0.4, 0.5) is 0 Å². The molecular weight excluding hydrogens is 314 g/mol. The van der Waals surface area contributed by atoms with E-state index in [4.69, 9.17) is 9.47 Å². The van der Waals surface area contributed by atoms with Gasteiger partial charge in [0.15, 0.2) is 0 Å². The largest absolute Gasteiger partial charge is 0.381 e. The number of rotatable bonds is 8. The predicted octanol–water partition coefficient (Wildman–Crippen LogP) is 2.08. The van der Waals surface area contributed by atoms with Crippen LogP contribution in [0, 0.1) is 5.92 Å². The Labute approximate surface area is 138 Å². The topological polar surface area (TPSA) is 64.6 Å². The molecule has 3 rings (SSSR count). The molecule has 0 amide bonds.